The molecule has 0 aromatic heterocycles. The van der Waals surface area contributed by atoms with Gasteiger partial charge in [0.15, 0.2) is 0 Å². The minimum Gasteiger partial charge on any atom is -2.00 e. The van der Waals surface area contributed by atoms with Crippen LogP contribution in [-0.4, -0.2) is 57.1 Å². The second kappa shape index (κ2) is 52.8. The monoisotopic (exact) mass is 100.0 g/mol. The van der Waals surface area contributed by atoms with E-state index in [9.17, 15) is 0 Å². The average molecular weight is 101 g/mol. The van der Waals surface area contributed by atoms with Gasteiger partial charge in [0.1, 0.15) is 0 Å². The minimum absolute atomic E-state index is 0. The fraction of sp³-hybridized carbons (Fsp3) is 0. The summed E-state index contributed by atoms with van der Waals surface area (Å²) in [5.41, 5.74) is 0. The zero-order valence-corrected chi connectivity index (χ0v) is 5.65. The largest absolute Gasteiger partial charge is 2.00 e. The van der Waals surface area contributed by atoms with E-state index >= 15 is 0 Å². The molecule has 0 saturated carbocycles. The first-order valence-electron chi connectivity index (χ1n) is 0. The fourth-order valence-corrected chi connectivity index (χ4v) is 0. The molecule has 0 aromatic carbocycles. The topological polar surface area (TPSA) is 91.5 Å². The molecule has 5 heteroatoms. The molecule has 3 nitrogen and oxygen atoms in total. The molecular weight excluding hydrogens is 96.6 g/mol. The standard InChI is InChI=1S/2Mg.2H2O.O/h;;2*1H2;/q2*+2;;;-2. The van der Waals surface area contributed by atoms with Gasteiger partial charge in [0.05, 0.1) is 0 Å². The van der Waals surface area contributed by atoms with Crippen LogP contribution in [0.15, 0.2) is 0 Å². The summed E-state index contributed by atoms with van der Waals surface area (Å²) in [6.07, 6.45) is 0. The van der Waals surface area contributed by atoms with E-state index in [0.29, 0.717) is 0 Å². The molecule has 0 atom stereocenters. The Kier molecular flexibility index (Phi) is 995. The van der Waals surface area contributed by atoms with Gasteiger partial charge in [0.2, 0.25) is 0 Å². The second-order valence-corrected chi connectivity index (χ2v) is 0. The molecule has 0 amide bonds. The summed E-state index contributed by atoms with van der Waals surface area (Å²) in [7, 11) is 0. The van der Waals surface area contributed by atoms with Crippen LogP contribution in [0.5, 0.6) is 0 Å². The number of hydrogen-bond donors (Lipinski definition) is 0. The van der Waals surface area contributed by atoms with Gasteiger partial charge < -0.3 is 16.4 Å². The van der Waals surface area contributed by atoms with Gasteiger partial charge in [0, 0.05) is 0 Å². The molecule has 0 spiro atoms. The molecule has 0 radical (unpaired) electrons. The summed E-state index contributed by atoms with van der Waals surface area (Å²) in [6, 6.07) is 0. The quantitative estimate of drug-likeness (QED) is 0.301. The van der Waals surface area contributed by atoms with E-state index in [1.807, 2.05) is 0 Å². The smallest absolute Gasteiger partial charge is 2.00 e. The van der Waals surface area contributed by atoms with Gasteiger partial charge in [-0.1, -0.05) is 0 Å². The molecule has 0 unspecified atom stereocenters. The SMILES string of the molecule is O.O.[Mg+2].[Mg+2].[O-2]. The predicted octanol–water partition coefficient (Wildman–Crippen LogP) is -2.53. The van der Waals surface area contributed by atoms with Crippen LogP contribution in [0.1, 0.15) is 0 Å². The van der Waals surface area contributed by atoms with Gasteiger partial charge in [-0.2, -0.15) is 0 Å². The summed E-state index contributed by atoms with van der Waals surface area (Å²) >= 11 is 0. The number of hydrogen-bond acceptors (Lipinski definition) is 0. The molecule has 0 heterocycles. The molecule has 24 valence electrons. The van der Waals surface area contributed by atoms with Gasteiger partial charge in [-0.05, 0) is 0 Å². The van der Waals surface area contributed by atoms with E-state index in [-0.39, 0.29) is 62.5 Å². The van der Waals surface area contributed by atoms with Crippen molar-refractivity contribution >= 4 is 46.1 Å². The Morgan fingerprint density at radius 2 is 0.600 bits per heavy atom. The van der Waals surface area contributed by atoms with Gasteiger partial charge >= 0.3 is 46.1 Å². The van der Waals surface area contributed by atoms with E-state index in [1.165, 1.54) is 0 Å². The van der Waals surface area contributed by atoms with Crippen molar-refractivity contribution in [2.24, 2.45) is 0 Å². The van der Waals surface area contributed by atoms with Gasteiger partial charge in [-0.25, -0.2) is 0 Å². The van der Waals surface area contributed by atoms with E-state index in [2.05, 4.69) is 0 Å². The Morgan fingerprint density at radius 1 is 0.600 bits per heavy atom. The third-order valence-electron chi connectivity index (χ3n) is 0. The maximum absolute atomic E-state index is 0. The van der Waals surface area contributed by atoms with Crippen LogP contribution in [0, 0.1) is 0 Å². The molecule has 0 aromatic rings. The first kappa shape index (κ1) is 94.2. The predicted molar refractivity (Wildman–Crippen MR) is 19.4 cm³/mol. The average Bonchev–Trinajstić information content (AvgIpc) is 0. The van der Waals surface area contributed by atoms with E-state index in [4.69, 9.17) is 0 Å². The summed E-state index contributed by atoms with van der Waals surface area (Å²) in [4.78, 5) is 0. The second-order valence-electron chi connectivity index (χ2n) is 0. The molecule has 0 aliphatic heterocycles. The number of rotatable bonds is 0. The van der Waals surface area contributed by atoms with Crippen molar-refractivity contribution in [1.82, 2.24) is 0 Å². The molecule has 5 heavy (non-hydrogen) atoms. The van der Waals surface area contributed by atoms with E-state index < -0.39 is 0 Å². The van der Waals surface area contributed by atoms with Crippen LogP contribution in [0.2, 0.25) is 0 Å². The summed E-state index contributed by atoms with van der Waals surface area (Å²) in [5, 5.41) is 0. The zero-order chi connectivity index (χ0) is 0. The van der Waals surface area contributed by atoms with Crippen molar-refractivity contribution in [3.8, 4) is 0 Å². The Morgan fingerprint density at radius 3 is 0.600 bits per heavy atom. The van der Waals surface area contributed by atoms with Crippen molar-refractivity contribution in [2.75, 3.05) is 0 Å². The molecule has 0 aliphatic rings. The first-order chi connectivity index (χ1) is 0. The van der Waals surface area contributed by atoms with Crippen molar-refractivity contribution < 1.29 is 16.4 Å². The van der Waals surface area contributed by atoms with Crippen molar-refractivity contribution in [3.05, 3.63) is 0 Å². The van der Waals surface area contributed by atoms with Crippen LogP contribution in [0.25, 0.3) is 0 Å². The Hall–Kier alpha value is 1.41. The maximum atomic E-state index is 0. The van der Waals surface area contributed by atoms with Crippen LogP contribution in [0.4, 0.5) is 0 Å². The third-order valence-corrected chi connectivity index (χ3v) is 0. The molecule has 0 bridgehead atoms. The van der Waals surface area contributed by atoms with Crippen LogP contribution in [0.3, 0.4) is 0 Å². The fourth-order valence-electron chi connectivity index (χ4n) is 0. The Balaban J connectivity index is 0. The molecule has 0 saturated heterocycles. The minimum atomic E-state index is 0. The normalized spacial score (nSPS) is 0. The molecule has 0 rings (SSSR count). The molecule has 0 fully saturated rings. The van der Waals surface area contributed by atoms with E-state index in [0.717, 1.165) is 0 Å². The molecular formula is H4Mg2O3+2. The van der Waals surface area contributed by atoms with Crippen molar-refractivity contribution in [3.63, 3.8) is 0 Å². The van der Waals surface area contributed by atoms with Crippen molar-refractivity contribution in [2.45, 2.75) is 0 Å². The van der Waals surface area contributed by atoms with Crippen molar-refractivity contribution in [1.29, 1.82) is 0 Å². The third kappa shape index (κ3) is 31.6. The molecule has 0 aliphatic carbocycles. The zero-order valence-electron chi connectivity index (χ0n) is 2.82. The Labute approximate surface area is 62.4 Å². The summed E-state index contributed by atoms with van der Waals surface area (Å²) in [5.74, 6) is 0. The van der Waals surface area contributed by atoms with Crippen LogP contribution < -0.4 is 0 Å². The summed E-state index contributed by atoms with van der Waals surface area (Å²) in [6.45, 7) is 0. The Bertz CT molecular complexity index is 4.85. The van der Waals surface area contributed by atoms with Gasteiger partial charge in [-0.15, -0.1) is 0 Å². The van der Waals surface area contributed by atoms with Crippen LogP contribution >= 0.6 is 0 Å². The van der Waals surface area contributed by atoms with Gasteiger partial charge in [0.25, 0.3) is 0 Å². The maximum Gasteiger partial charge on any atom is 2.00 e. The van der Waals surface area contributed by atoms with Gasteiger partial charge in [-0.3, -0.25) is 0 Å². The summed E-state index contributed by atoms with van der Waals surface area (Å²) < 4.78 is 0. The first-order valence-corrected chi connectivity index (χ1v) is 0. The van der Waals surface area contributed by atoms with Crippen LogP contribution in [-0.2, 0) is 5.48 Å². The van der Waals surface area contributed by atoms with E-state index in [1.54, 1.807) is 0 Å². The molecule has 4 N–H and O–H groups in total.